The van der Waals surface area contributed by atoms with Gasteiger partial charge in [0, 0.05) is 0 Å². The van der Waals surface area contributed by atoms with E-state index < -0.39 is 11.9 Å². The molecule has 0 aromatic carbocycles. The van der Waals surface area contributed by atoms with Gasteiger partial charge in [0.2, 0.25) is 0 Å². The fraction of sp³-hybridized carbons (Fsp3) is 0.867. The molecule has 4 nitrogen and oxygen atoms in total. The monoisotopic (exact) mass is 268 g/mol. The Morgan fingerprint density at radius 3 is 1.47 bits per heavy atom. The van der Waals surface area contributed by atoms with Gasteiger partial charge in [-0.1, -0.05) is 25.7 Å². The minimum atomic E-state index is -0.441. The van der Waals surface area contributed by atoms with Crippen LogP contribution in [0.15, 0.2) is 0 Å². The molecule has 108 valence electrons. The Kier molecular flexibility index (Phi) is 5.67. The highest BCUT2D eigenvalue weighted by Gasteiger charge is 2.20. The zero-order chi connectivity index (χ0) is 13.5. The predicted molar refractivity (Wildman–Crippen MR) is 70.5 cm³/mol. The largest absolute Gasteiger partial charge is 0.465 e. The second kappa shape index (κ2) is 7.51. The molecule has 2 saturated carbocycles. The third-order valence-corrected chi connectivity index (χ3v) is 4.20. The molecule has 19 heavy (non-hydrogen) atoms. The van der Waals surface area contributed by atoms with Gasteiger partial charge in [-0.3, -0.25) is 9.59 Å². The van der Waals surface area contributed by atoms with Gasteiger partial charge in [-0.25, -0.2) is 0 Å². The number of rotatable bonds is 6. The summed E-state index contributed by atoms with van der Waals surface area (Å²) in [4.78, 5) is 23.0. The molecule has 0 spiro atoms. The Morgan fingerprint density at radius 2 is 1.11 bits per heavy atom. The smallest absolute Gasteiger partial charge is 0.317 e. The van der Waals surface area contributed by atoms with Crippen molar-refractivity contribution in [1.82, 2.24) is 0 Å². The average Bonchev–Trinajstić information content (AvgIpc) is 3.07. The molecule has 0 atom stereocenters. The molecular weight excluding hydrogens is 244 g/mol. The maximum Gasteiger partial charge on any atom is 0.317 e. The van der Waals surface area contributed by atoms with E-state index in [1.165, 1.54) is 25.7 Å². The third-order valence-electron chi connectivity index (χ3n) is 4.20. The molecule has 0 aliphatic heterocycles. The topological polar surface area (TPSA) is 52.6 Å². The van der Waals surface area contributed by atoms with Crippen molar-refractivity contribution >= 4 is 11.9 Å². The van der Waals surface area contributed by atoms with Crippen LogP contribution in [-0.4, -0.2) is 25.2 Å². The summed E-state index contributed by atoms with van der Waals surface area (Å²) in [6.45, 7) is 0.934. The first-order chi connectivity index (χ1) is 9.24. The molecule has 0 radical (unpaired) electrons. The van der Waals surface area contributed by atoms with Crippen LogP contribution in [0.4, 0.5) is 0 Å². The van der Waals surface area contributed by atoms with Gasteiger partial charge in [0.15, 0.2) is 0 Å². The fourth-order valence-corrected chi connectivity index (χ4v) is 3.00. The molecule has 0 saturated heterocycles. The highest BCUT2D eigenvalue weighted by atomic mass is 16.6. The Balaban J connectivity index is 1.54. The van der Waals surface area contributed by atoms with Crippen LogP contribution in [0.25, 0.3) is 0 Å². The van der Waals surface area contributed by atoms with Gasteiger partial charge in [-0.2, -0.15) is 0 Å². The van der Waals surface area contributed by atoms with Crippen molar-refractivity contribution in [2.75, 3.05) is 13.2 Å². The summed E-state index contributed by atoms with van der Waals surface area (Å²) >= 11 is 0. The molecule has 0 unspecified atom stereocenters. The van der Waals surface area contributed by atoms with Gasteiger partial charge in [-0.15, -0.1) is 0 Å². The summed E-state index contributed by atoms with van der Waals surface area (Å²) in [6, 6.07) is 0. The number of hydrogen-bond acceptors (Lipinski definition) is 4. The minimum absolute atomic E-state index is 0.237. The lowest BCUT2D eigenvalue weighted by molar-refractivity contribution is -0.156. The molecule has 2 aliphatic carbocycles. The van der Waals surface area contributed by atoms with E-state index in [0.717, 1.165) is 25.7 Å². The zero-order valence-corrected chi connectivity index (χ0v) is 11.6. The first-order valence-electron chi connectivity index (χ1n) is 7.55. The van der Waals surface area contributed by atoms with E-state index in [1.807, 2.05) is 0 Å². The summed E-state index contributed by atoms with van der Waals surface area (Å²) in [6.07, 6.45) is 9.23. The number of carbonyl (C=O) groups excluding carboxylic acids is 2. The van der Waals surface area contributed by atoms with Gasteiger partial charge in [-0.05, 0) is 37.5 Å². The standard InChI is InChI=1S/C15H24O4/c16-14(18-10-12-5-1-2-6-12)9-15(17)19-11-13-7-3-4-8-13/h12-13H,1-11H2. The van der Waals surface area contributed by atoms with E-state index in [-0.39, 0.29) is 6.42 Å². The van der Waals surface area contributed by atoms with Gasteiger partial charge in [0.1, 0.15) is 6.42 Å². The minimum Gasteiger partial charge on any atom is -0.465 e. The molecule has 2 rings (SSSR count). The highest BCUT2D eigenvalue weighted by Crippen LogP contribution is 2.25. The van der Waals surface area contributed by atoms with Gasteiger partial charge in [0.05, 0.1) is 13.2 Å². The van der Waals surface area contributed by atoms with Crippen molar-refractivity contribution in [2.45, 2.75) is 57.8 Å². The van der Waals surface area contributed by atoms with Crippen molar-refractivity contribution in [1.29, 1.82) is 0 Å². The van der Waals surface area contributed by atoms with Crippen molar-refractivity contribution in [2.24, 2.45) is 11.8 Å². The van der Waals surface area contributed by atoms with Crippen LogP contribution in [-0.2, 0) is 19.1 Å². The normalized spacial score (nSPS) is 20.6. The second-order valence-corrected chi connectivity index (χ2v) is 5.84. The van der Waals surface area contributed by atoms with Crippen LogP contribution in [0.1, 0.15) is 57.8 Å². The van der Waals surface area contributed by atoms with Gasteiger partial charge >= 0.3 is 11.9 Å². The summed E-state index contributed by atoms with van der Waals surface area (Å²) in [5.74, 6) is 0.114. The molecule has 0 bridgehead atoms. The van der Waals surface area contributed by atoms with E-state index in [2.05, 4.69) is 0 Å². The SMILES string of the molecule is O=C(CC(=O)OCC1CCCC1)OCC1CCCC1. The van der Waals surface area contributed by atoms with Crippen LogP contribution in [0.2, 0.25) is 0 Å². The zero-order valence-electron chi connectivity index (χ0n) is 11.6. The first-order valence-corrected chi connectivity index (χ1v) is 7.55. The number of hydrogen-bond donors (Lipinski definition) is 0. The van der Waals surface area contributed by atoms with E-state index in [9.17, 15) is 9.59 Å². The Hall–Kier alpha value is -1.06. The molecule has 2 aliphatic rings. The molecule has 0 aromatic heterocycles. The maximum absolute atomic E-state index is 11.5. The van der Waals surface area contributed by atoms with E-state index in [0.29, 0.717) is 25.0 Å². The number of esters is 2. The molecular formula is C15H24O4. The van der Waals surface area contributed by atoms with Crippen LogP contribution in [0, 0.1) is 11.8 Å². The maximum atomic E-state index is 11.5. The summed E-state index contributed by atoms with van der Waals surface area (Å²) in [5, 5.41) is 0. The van der Waals surface area contributed by atoms with Crippen LogP contribution < -0.4 is 0 Å². The predicted octanol–water partition coefficient (Wildman–Crippen LogP) is 2.84. The first kappa shape index (κ1) is 14.4. The highest BCUT2D eigenvalue weighted by molar-refractivity contribution is 5.91. The lowest BCUT2D eigenvalue weighted by Gasteiger charge is -2.11. The molecule has 4 heteroatoms. The summed E-state index contributed by atoms with van der Waals surface area (Å²) < 4.78 is 10.3. The fourth-order valence-electron chi connectivity index (χ4n) is 3.00. The molecule has 0 amide bonds. The lowest BCUT2D eigenvalue weighted by Crippen LogP contribution is -2.18. The molecule has 2 fully saturated rings. The summed E-state index contributed by atoms with van der Waals surface area (Å²) in [7, 11) is 0. The molecule has 0 N–H and O–H groups in total. The van der Waals surface area contributed by atoms with Gasteiger partial charge in [0.25, 0.3) is 0 Å². The Morgan fingerprint density at radius 1 is 0.737 bits per heavy atom. The Bertz CT molecular complexity index is 271. The van der Waals surface area contributed by atoms with Crippen molar-refractivity contribution in [3.05, 3.63) is 0 Å². The summed E-state index contributed by atoms with van der Waals surface area (Å²) in [5.41, 5.74) is 0. The van der Waals surface area contributed by atoms with Crippen LogP contribution in [0.3, 0.4) is 0 Å². The number of carbonyl (C=O) groups is 2. The van der Waals surface area contributed by atoms with Crippen LogP contribution >= 0.6 is 0 Å². The Labute approximate surface area is 114 Å². The second-order valence-electron chi connectivity index (χ2n) is 5.84. The van der Waals surface area contributed by atoms with Gasteiger partial charge < -0.3 is 9.47 Å². The van der Waals surface area contributed by atoms with Crippen molar-refractivity contribution in [3.8, 4) is 0 Å². The quantitative estimate of drug-likeness (QED) is 0.549. The molecule has 0 heterocycles. The van der Waals surface area contributed by atoms with Crippen LogP contribution in [0.5, 0.6) is 0 Å². The van der Waals surface area contributed by atoms with E-state index in [1.54, 1.807) is 0 Å². The van der Waals surface area contributed by atoms with E-state index >= 15 is 0 Å². The van der Waals surface area contributed by atoms with E-state index in [4.69, 9.17) is 9.47 Å². The lowest BCUT2D eigenvalue weighted by atomic mass is 10.1. The molecule has 0 aromatic rings. The van der Waals surface area contributed by atoms with Crippen molar-refractivity contribution < 1.29 is 19.1 Å². The number of ether oxygens (including phenoxy) is 2. The third kappa shape index (κ3) is 5.21. The average molecular weight is 268 g/mol. The van der Waals surface area contributed by atoms with Crippen molar-refractivity contribution in [3.63, 3.8) is 0 Å².